The van der Waals surface area contributed by atoms with Crippen molar-refractivity contribution in [1.29, 1.82) is 0 Å². The van der Waals surface area contributed by atoms with Crippen molar-refractivity contribution in [2.45, 2.75) is 20.3 Å². The molecule has 0 saturated heterocycles. The van der Waals surface area contributed by atoms with E-state index < -0.39 is 41.4 Å². The lowest BCUT2D eigenvalue weighted by Crippen LogP contribution is -2.33. The third-order valence-corrected chi connectivity index (χ3v) is 2.74. The van der Waals surface area contributed by atoms with E-state index in [1.165, 1.54) is 4.90 Å². The van der Waals surface area contributed by atoms with E-state index in [-0.39, 0.29) is 0 Å². The van der Waals surface area contributed by atoms with Gasteiger partial charge in [-0.1, -0.05) is 0 Å². The summed E-state index contributed by atoms with van der Waals surface area (Å²) >= 11 is 0. The highest BCUT2D eigenvalue weighted by Crippen LogP contribution is 2.19. The number of hydrogen-bond acceptors (Lipinski definition) is 2. The molecule has 0 atom stereocenters. The first-order valence-corrected chi connectivity index (χ1v) is 6.11. The van der Waals surface area contributed by atoms with E-state index in [0.717, 1.165) is 6.07 Å². The number of hydrogen-bond donors (Lipinski definition) is 1. The van der Waals surface area contributed by atoms with Crippen LogP contribution in [0, 0.1) is 17.5 Å². The summed E-state index contributed by atoms with van der Waals surface area (Å²) in [5.41, 5.74) is -0.499. The standard InChI is InChI=1S/C13H15F3N2O2/c1-3-18(4-2)11(20)7-10(19)17-9-6-5-8(14)12(15)13(9)16/h5-6H,3-4,7H2,1-2H3,(H,17,19). The maximum absolute atomic E-state index is 13.3. The fraction of sp³-hybridized carbons (Fsp3) is 0.385. The smallest absolute Gasteiger partial charge is 0.233 e. The Bertz CT molecular complexity index is 517. The number of nitrogens with zero attached hydrogens (tertiary/aromatic N) is 1. The van der Waals surface area contributed by atoms with Crippen molar-refractivity contribution in [3.05, 3.63) is 29.6 Å². The number of benzene rings is 1. The maximum Gasteiger partial charge on any atom is 0.233 e. The van der Waals surface area contributed by atoms with Crippen molar-refractivity contribution < 1.29 is 22.8 Å². The summed E-state index contributed by atoms with van der Waals surface area (Å²) in [5, 5.41) is 2.04. The summed E-state index contributed by atoms with van der Waals surface area (Å²) in [4.78, 5) is 24.6. The van der Waals surface area contributed by atoms with Crippen LogP contribution in [0.4, 0.5) is 18.9 Å². The molecule has 0 aliphatic carbocycles. The highest BCUT2D eigenvalue weighted by molar-refractivity contribution is 6.03. The van der Waals surface area contributed by atoms with Gasteiger partial charge in [0.25, 0.3) is 0 Å². The number of nitrogens with one attached hydrogen (secondary N) is 1. The largest absolute Gasteiger partial charge is 0.343 e. The predicted molar refractivity (Wildman–Crippen MR) is 67.5 cm³/mol. The fourth-order valence-electron chi connectivity index (χ4n) is 1.64. The van der Waals surface area contributed by atoms with E-state index in [1.54, 1.807) is 13.8 Å². The molecule has 0 radical (unpaired) electrons. The van der Waals surface area contributed by atoms with Gasteiger partial charge in [-0.15, -0.1) is 0 Å². The highest BCUT2D eigenvalue weighted by Gasteiger charge is 2.18. The average molecular weight is 288 g/mol. The summed E-state index contributed by atoms with van der Waals surface area (Å²) in [5.74, 6) is -5.71. The Hall–Kier alpha value is -2.05. The Morgan fingerprint density at radius 1 is 1.10 bits per heavy atom. The van der Waals surface area contributed by atoms with Crippen LogP contribution in [-0.4, -0.2) is 29.8 Å². The van der Waals surface area contributed by atoms with E-state index in [1.807, 2.05) is 5.32 Å². The second kappa shape index (κ2) is 6.93. The number of carbonyl (C=O) groups is 2. The second-order valence-electron chi connectivity index (χ2n) is 4.01. The van der Waals surface area contributed by atoms with Crippen LogP contribution in [0.2, 0.25) is 0 Å². The van der Waals surface area contributed by atoms with Crippen LogP contribution in [0.25, 0.3) is 0 Å². The lowest BCUT2D eigenvalue weighted by molar-refractivity contribution is -0.134. The third kappa shape index (κ3) is 3.72. The van der Waals surface area contributed by atoms with Gasteiger partial charge in [0, 0.05) is 13.1 Å². The van der Waals surface area contributed by atoms with Gasteiger partial charge in [-0.3, -0.25) is 9.59 Å². The maximum atomic E-state index is 13.3. The van der Waals surface area contributed by atoms with E-state index in [0.29, 0.717) is 19.2 Å². The van der Waals surface area contributed by atoms with Gasteiger partial charge in [0.15, 0.2) is 17.5 Å². The zero-order chi connectivity index (χ0) is 15.3. The molecule has 20 heavy (non-hydrogen) atoms. The molecule has 1 aromatic rings. The van der Waals surface area contributed by atoms with E-state index in [9.17, 15) is 22.8 Å². The Balaban J connectivity index is 2.72. The van der Waals surface area contributed by atoms with E-state index >= 15 is 0 Å². The molecule has 1 aromatic carbocycles. The van der Waals surface area contributed by atoms with Gasteiger partial charge >= 0.3 is 0 Å². The van der Waals surface area contributed by atoms with Crippen LogP contribution in [0.3, 0.4) is 0 Å². The number of carbonyl (C=O) groups excluding carboxylic acids is 2. The Kier molecular flexibility index (Phi) is 5.54. The molecule has 0 aromatic heterocycles. The van der Waals surface area contributed by atoms with Crippen LogP contribution in [-0.2, 0) is 9.59 Å². The molecule has 4 nitrogen and oxygen atoms in total. The van der Waals surface area contributed by atoms with E-state index in [2.05, 4.69) is 0 Å². The average Bonchev–Trinajstić information content (AvgIpc) is 2.41. The van der Waals surface area contributed by atoms with Crippen molar-refractivity contribution in [3.8, 4) is 0 Å². The molecule has 1 rings (SSSR count). The molecule has 0 bridgehead atoms. The zero-order valence-electron chi connectivity index (χ0n) is 11.2. The molecule has 0 aliphatic rings. The Morgan fingerprint density at radius 3 is 2.25 bits per heavy atom. The van der Waals surface area contributed by atoms with Gasteiger partial charge in [0.2, 0.25) is 11.8 Å². The van der Waals surface area contributed by atoms with Gasteiger partial charge in [-0.25, -0.2) is 13.2 Å². The minimum atomic E-state index is -1.67. The van der Waals surface area contributed by atoms with Gasteiger partial charge in [0.05, 0.1) is 5.69 Å². The summed E-state index contributed by atoms with van der Waals surface area (Å²) in [6, 6.07) is 1.59. The van der Waals surface area contributed by atoms with Gasteiger partial charge in [-0.2, -0.15) is 0 Å². The molecule has 0 heterocycles. The van der Waals surface area contributed by atoms with E-state index in [4.69, 9.17) is 0 Å². The predicted octanol–water partition coefficient (Wildman–Crippen LogP) is 2.30. The van der Waals surface area contributed by atoms with Gasteiger partial charge < -0.3 is 10.2 Å². The summed E-state index contributed by atoms with van der Waals surface area (Å²) in [6.07, 6.45) is -0.486. The SMILES string of the molecule is CCN(CC)C(=O)CC(=O)Nc1ccc(F)c(F)c1F. The van der Waals surface area contributed by atoms with Crippen molar-refractivity contribution in [2.24, 2.45) is 0 Å². The van der Waals surface area contributed by atoms with Crippen LogP contribution >= 0.6 is 0 Å². The number of rotatable bonds is 5. The van der Waals surface area contributed by atoms with Crippen LogP contribution in [0.5, 0.6) is 0 Å². The van der Waals surface area contributed by atoms with Gasteiger partial charge in [-0.05, 0) is 26.0 Å². The molecular weight excluding hydrogens is 273 g/mol. The number of amides is 2. The minimum Gasteiger partial charge on any atom is -0.343 e. The molecular formula is C13H15F3N2O2. The van der Waals surface area contributed by atoms with Crippen molar-refractivity contribution in [1.82, 2.24) is 4.90 Å². The number of halogens is 3. The molecule has 0 unspecified atom stereocenters. The third-order valence-electron chi connectivity index (χ3n) is 2.74. The monoisotopic (exact) mass is 288 g/mol. The molecule has 0 saturated carbocycles. The topological polar surface area (TPSA) is 49.4 Å². The normalized spacial score (nSPS) is 10.2. The molecule has 0 spiro atoms. The van der Waals surface area contributed by atoms with Crippen LogP contribution in [0.15, 0.2) is 12.1 Å². The zero-order valence-corrected chi connectivity index (χ0v) is 11.2. The molecule has 0 aliphatic heterocycles. The van der Waals surface area contributed by atoms with Crippen molar-refractivity contribution in [2.75, 3.05) is 18.4 Å². The molecule has 2 amide bonds. The first-order valence-electron chi connectivity index (χ1n) is 6.11. The summed E-state index contributed by atoms with van der Waals surface area (Å²) in [6.45, 7) is 4.41. The summed E-state index contributed by atoms with van der Waals surface area (Å²) < 4.78 is 39.0. The highest BCUT2D eigenvalue weighted by atomic mass is 19.2. The molecule has 1 N–H and O–H groups in total. The first-order chi connectivity index (χ1) is 9.40. The van der Waals surface area contributed by atoms with Crippen molar-refractivity contribution in [3.63, 3.8) is 0 Å². The molecule has 110 valence electrons. The van der Waals surface area contributed by atoms with Gasteiger partial charge in [0.1, 0.15) is 6.42 Å². The fourth-order valence-corrected chi connectivity index (χ4v) is 1.64. The lowest BCUT2D eigenvalue weighted by Gasteiger charge is -2.18. The van der Waals surface area contributed by atoms with Crippen LogP contribution in [0.1, 0.15) is 20.3 Å². The molecule has 7 heteroatoms. The Morgan fingerprint density at radius 2 is 1.70 bits per heavy atom. The minimum absolute atomic E-state index is 0.421. The number of anilines is 1. The summed E-state index contributed by atoms with van der Waals surface area (Å²) in [7, 11) is 0. The van der Waals surface area contributed by atoms with Crippen molar-refractivity contribution >= 4 is 17.5 Å². The first kappa shape index (κ1) is 16.0. The van der Waals surface area contributed by atoms with Crippen LogP contribution < -0.4 is 5.32 Å². The second-order valence-corrected chi connectivity index (χ2v) is 4.01. The lowest BCUT2D eigenvalue weighted by atomic mass is 10.2. The molecule has 0 fully saturated rings. The quantitative estimate of drug-likeness (QED) is 0.667. The Labute approximate surface area is 114 Å².